The second-order valence-electron chi connectivity index (χ2n) is 6.44. The summed E-state index contributed by atoms with van der Waals surface area (Å²) >= 11 is 0. The Hall–Kier alpha value is -1.08. The summed E-state index contributed by atoms with van der Waals surface area (Å²) in [7, 11) is -1.73. The first-order chi connectivity index (χ1) is 8.67. The maximum absolute atomic E-state index is 6.18. The van der Waals surface area contributed by atoms with E-state index in [1.54, 1.807) is 0 Å². The van der Waals surface area contributed by atoms with E-state index >= 15 is 0 Å². The van der Waals surface area contributed by atoms with E-state index in [-0.39, 0.29) is 11.1 Å². The van der Waals surface area contributed by atoms with Crippen LogP contribution in [0.4, 0.5) is 0 Å². The second-order valence-corrected chi connectivity index (χ2v) is 11.3. The van der Waals surface area contributed by atoms with E-state index in [1.165, 1.54) is 0 Å². The van der Waals surface area contributed by atoms with Crippen molar-refractivity contribution in [1.82, 2.24) is 0 Å². The van der Waals surface area contributed by atoms with E-state index in [9.17, 15) is 0 Å². The van der Waals surface area contributed by atoms with Gasteiger partial charge in [-0.05, 0) is 35.8 Å². The first-order valence-corrected chi connectivity index (χ1v) is 9.54. The molecule has 0 amide bonds. The van der Waals surface area contributed by atoms with Crippen molar-refractivity contribution in [2.75, 3.05) is 6.61 Å². The Morgan fingerprint density at radius 3 is 2.21 bits per heavy atom. The highest BCUT2D eigenvalue weighted by atomic mass is 28.4. The molecule has 104 valence electrons. The summed E-state index contributed by atoms with van der Waals surface area (Å²) in [6.07, 6.45) is 5.34. The fourth-order valence-corrected chi connectivity index (χ4v) is 2.47. The molecule has 1 aromatic carbocycles. The van der Waals surface area contributed by atoms with Crippen LogP contribution in [0.5, 0.6) is 0 Å². The molecule has 0 bridgehead atoms. The van der Waals surface area contributed by atoms with Crippen LogP contribution in [0, 0.1) is 12.3 Å². The molecular formula is C16H25NOSi. The molecule has 1 aromatic rings. The normalized spacial score (nSPS) is 13.9. The van der Waals surface area contributed by atoms with Gasteiger partial charge in [-0.25, -0.2) is 0 Å². The molecule has 0 saturated carbocycles. The smallest absolute Gasteiger partial charge is 0.192 e. The lowest BCUT2D eigenvalue weighted by atomic mass is 10.1. The zero-order valence-corrected chi connectivity index (χ0v) is 13.7. The molecule has 0 spiro atoms. The number of hydrogen-bond acceptors (Lipinski definition) is 2. The minimum Gasteiger partial charge on any atom is -0.415 e. The highest BCUT2D eigenvalue weighted by molar-refractivity contribution is 6.74. The Morgan fingerprint density at radius 1 is 1.26 bits per heavy atom. The highest BCUT2D eigenvalue weighted by Crippen LogP contribution is 2.36. The first kappa shape index (κ1) is 16.0. The SMILES string of the molecule is C#Cc1ccc([C@@H](N)CO[Si](C)(C)C(C)(C)C)cc1. The maximum Gasteiger partial charge on any atom is 0.192 e. The molecule has 0 heterocycles. The molecule has 2 nitrogen and oxygen atoms in total. The minimum absolute atomic E-state index is 0.0963. The predicted octanol–water partition coefficient (Wildman–Crippen LogP) is 3.69. The molecule has 3 heteroatoms. The van der Waals surface area contributed by atoms with E-state index in [0.29, 0.717) is 6.61 Å². The predicted molar refractivity (Wildman–Crippen MR) is 84.5 cm³/mol. The van der Waals surface area contributed by atoms with Crippen molar-refractivity contribution in [3.63, 3.8) is 0 Å². The molecule has 0 aliphatic carbocycles. The lowest BCUT2D eigenvalue weighted by Gasteiger charge is -2.37. The van der Waals surface area contributed by atoms with Crippen molar-refractivity contribution < 1.29 is 4.43 Å². The molecular weight excluding hydrogens is 250 g/mol. The summed E-state index contributed by atoms with van der Waals surface area (Å²) in [4.78, 5) is 0. The number of terminal acetylenes is 1. The Kier molecular flexibility index (Phi) is 4.97. The Morgan fingerprint density at radius 2 is 1.79 bits per heavy atom. The van der Waals surface area contributed by atoms with Gasteiger partial charge in [0.2, 0.25) is 0 Å². The molecule has 0 radical (unpaired) electrons. The van der Waals surface area contributed by atoms with E-state index in [2.05, 4.69) is 39.8 Å². The molecule has 0 saturated heterocycles. The largest absolute Gasteiger partial charge is 0.415 e. The summed E-state index contributed by atoms with van der Waals surface area (Å²) in [6.45, 7) is 11.7. The van der Waals surface area contributed by atoms with Crippen LogP contribution in [0.1, 0.15) is 37.9 Å². The van der Waals surface area contributed by atoms with Crippen LogP contribution in [0.3, 0.4) is 0 Å². The van der Waals surface area contributed by atoms with Gasteiger partial charge in [-0.15, -0.1) is 6.42 Å². The van der Waals surface area contributed by atoms with Crippen LogP contribution >= 0.6 is 0 Å². The molecule has 0 aliphatic heterocycles. The molecule has 1 atom stereocenters. The van der Waals surface area contributed by atoms with Gasteiger partial charge in [-0.3, -0.25) is 0 Å². The summed E-state index contributed by atoms with van der Waals surface area (Å²) in [6, 6.07) is 7.70. The second kappa shape index (κ2) is 5.92. The van der Waals surface area contributed by atoms with Gasteiger partial charge in [0.1, 0.15) is 0 Å². The van der Waals surface area contributed by atoms with Crippen LogP contribution in [0.2, 0.25) is 18.1 Å². The summed E-state index contributed by atoms with van der Waals surface area (Å²) in [5, 5.41) is 0.208. The minimum atomic E-state index is -1.73. The first-order valence-electron chi connectivity index (χ1n) is 6.63. The van der Waals surface area contributed by atoms with Crippen molar-refractivity contribution in [2.24, 2.45) is 5.73 Å². The Bertz CT molecular complexity index is 451. The molecule has 19 heavy (non-hydrogen) atoms. The van der Waals surface area contributed by atoms with Gasteiger partial charge in [0.25, 0.3) is 0 Å². The van der Waals surface area contributed by atoms with Crippen LogP contribution in [0.15, 0.2) is 24.3 Å². The Balaban J connectivity index is 2.65. The van der Waals surface area contributed by atoms with E-state index in [4.69, 9.17) is 16.6 Å². The summed E-state index contributed by atoms with van der Waals surface area (Å²) in [5.41, 5.74) is 8.13. The lowest BCUT2D eigenvalue weighted by molar-refractivity contribution is 0.264. The van der Waals surface area contributed by atoms with Crippen molar-refractivity contribution in [3.05, 3.63) is 35.4 Å². The third kappa shape index (κ3) is 4.21. The standard InChI is InChI=1S/C16H25NOSi/c1-7-13-8-10-14(11-9-13)15(17)12-18-19(5,6)16(2,3)4/h1,8-11,15H,12,17H2,2-6H3/t15-/m0/s1. The zero-order valence-electron chi connectivity index (χ0n) is 12.7. The number of rotatable bonds is 4. The number of hydrogen-bond donors (Lipinski definition) is 1. The summed E-state index contributed by atoms with van der Waals surface area (Å²) in [5.74, 6) is 2.60. The third-order valence-electron chi connectivity index (χ3n) is 3.94. The molecule has 0 fully saturated rings. The van der Waals surface area contributed by atoms with Gasteiger partial charge in [0.15, 0.2) is 8.32 Å². The molecule has 0 unspecified atom stereocenters. The molecule has 0 aliphatic rings. The van der Waals surface area contributed by atoms with Crippen molar-refractivity contribution in [3.8, 4) is 12.3 Å². The Labute approximate surface area is 118 Å². The average molecular weight is 275 g/mol. The monoisotopic (exact) mass is 275 g/mol. The van der Waals surface area contributed by atoms with E-state index in [1.807, 2.05) is 24.3 Å². The van der Waals surface area contributed by atoms with Crippen LogP contribution < -0.4 is 5.73 Å². The maximum atomic E-state index is 6.18. The topological polar surface area (TPSA) is 35.2 Å². The summed E-state index contributed by atoms with van der Waals surface area (Å²) < 4.78 is 6.14. The molecule has 0 aromatic heterocycles. The molecule has 2 N–H and O–H groups in total. The quantitative estimate of drug-likeness (QED) is 0.672. The van der Waals surface area contributed by atoms with Gasteiger partial charge >= 0.3 is 0 Å². The van der Waals surface area contributed by atoms with E-state index < -0.39 is 8.32 Å². The average Bonchev–Trinajstić information content (AvgIpc) is 2.35. The zero-order chi connectivity index (χ0) is 14.7. The van der Waals surface area contributed by atoms with Gasteiger partial charge in [0.05, 0.1) is 12.6 Å². The van der Waals surface area contributed by atoms with Crippen molar-refractivity contribution >= 4 is 8.32 Å². The number of nitrogens with two attached hydrogens (primary N) is 1. The van der Waals surface area contributed by atoms with Crippen molar-refractivity contribution in [2.45, 2.75) is 44.9 Å². The van der Waals surface area contributed by atoms with Crippen LogP contribution in [-0.2, 0) is 4.43 Å². The van der Waals surface area contributed by atoms with Gasteiger partial charge < -0.3 is 10.2 Å². The van der Waals surface area contributed by atoms with Crippen molar-refractivity contribution in [1.29, 1.82) is 0 Å². The third-order valence-corrected chi connectivity index (χ3v) is 8.44. The van der Waals surface area contributed by atoms with E-state index in [0.717, 1.165) is 11.1 Å². The lowest BCUT2D eigenvalue weighted by Crippen LogP contribution is -2.42. The van der Waals surface area contributed by atoms with Gasteiger partial charge in [0, 0.05) is 5.56 Å². The van der Waals surface area contributed by atoms with Crippen LogP contribution in [0.25, 0.3) is 0 Å². The number of benzene rings is 1. The van der Waals surface area contributed by atoms with Crippen LogP contribution in [-0.4, -0.2) is 14.9 Å². The van der Waals surface area contributed by atoms with Gasteiger partial charge in [-0.1, -0.05) is 38.8 Å². The van der Waals surface area contributed by atoms with Gasteiger partial charge in [-0.2, -0.15) is 0 Å². The highest BCUT2D eigenvalue weighted by Gasteiger charge is 2.37. The fourth-order valence-electron chi connectivity index (χ4n) is 1.44. The fraction of sp³-hybridized carbons (Fsp3) is 0.500. The molecule has 1 rings (SSSR count).